The minimum absolute atomic E-state index is 0.106. The van der Waals surface area contributed by atoms with Crippen molar-refractivity contribution in [3.8, 4) is 33.4 Å². The molecule has 1 heterocycles. The van der Waals surface area contributed by atoms with Crippen LogP contribution in [0, 0.1) is 0 Å². The van der Waals surface area contributed by atoms with Gasteiger partial charge in [0.15, 0.2) is 5.78 Å². The quantitative estimate of drug-likeness (QED) is 0.183. The van der Waals surface area contributed by atoms with E-state index in [0.717, 1.165) is 44.9 Å². The summed E-state index contributed by atoms with van der Waals surface area (Å²) in [7, 11) is 0. The number of hydrogen-bond acceptors (Lipinski definition) is 2. The summed E-state index contributed by atoms with van der Waals surface area (Å²) in [5.41, 5.74) is 18.1. The second-order valence-corrected chi connectivity index (χ2v) is 15.6. The normalized spacial score (nSPS) is 15.0. The molecule has 0 amide bonds. The van der Waals surface area contributed by atoms with Crippen molar-refractivity contribution in [2.75, 3.05) is 4.90 Å². The predicted octanol–water partition coefficient (Wildman–Crippen LogP) is 13.0. The van der Waals surface area contributed by atoms with Crippen molar-refractivity contribution in [1.29, 1.82) is 0 Å². The van der Waals surface area contributed by atoms with Crippen molar-refractivity contribution in [1.82, 2.24) is 0 Å². The van der Waals surface area contributed by atoms with Crippen molar-refractivity contribution >= 4 is 22.8 Å². The Labute approximate surface area is 322 Å². The molecule has 3 aliphatic rings. The maximum absolute atomic E-state index is 14.3. The van der Waals surface area contributed by atoms with E-state index in [4.69, 9.17) is 0 Å². The van der Waals surface area contributed by atoms with Gasteiger partial charge in [0.05, 0.1) is 16.8 Å². The van der Waals surface area contributed by atoms with Crippen LogP contribution in [0.5, 0.6) is 0 Å². The van der Waals surface area contributed by atoms with Crippen LogP contribution in [0.3, 0.4) is 0 Å². The monoisotopic (exact) mass is 703 g/mol. The smallest absolute Gasteiger partial charge is 0.193 e. The zero-order valence-electron chi connectivity index (χ0n) is 30.8. The molecule has 8 aromatic rings. The van der Waals surface area contributed by atoms with E-state index in [-0.39, 0.29) is 11.2 Å². The Morgan fingerprint density at radius 3 is 1.45 bits per heavy atom. The van der Waals surface area contributed by atoms with Crippen molar-refractivity contribution in [2.45, 2.75) is 24.7 Å². The Morgan fingerprint density at radius 1 is 0.364 bits per heavy atom. The van der Waals surface area contributed by atoms with Crippen LogP contribution < -0.4 is 4.90 Å². The van der Waals surface area contributed by atoms with Gasteiger partial charge in [-0.3, -0.25) is 4.79 Å². The Balaban J connectivity index is 1.21. The zero-order valence-corrected chi connectivity index (χ0v) is 30.8. The van der Waals surface area contributed by atoms with E-state index in [2.05, 4.69) is 195 Å². The van der Waals surface area contributed by atoms with E-state index in [0.29, 0.717) is 0 Å². The molecule has 0 saturated heterocycles. The van der Waals surface area contributed by atoms with Crippen molar-refractivity contribution in [3.63, 3.8) is 0 Å². The van der Waals surface area contributed by atoms with Gasteiger partial charge in [-0.25, -0.2) is 0 Å². The number of ketones is 1. The van der Waals surface area contributed by atoms with E-state index in [9.17, 15) is 4.79 Å². The summed E-state index contributed by atoms with van der Waals surface area (Å²) in [6, 6.07) is 67.9. The summed E-state index contributed by atoms with van der Waals surface area (Å²) >= 11 is 0. The highest BCUT2D eigenvalue weighted by Gasteiger charge is 2.53. The lowest BCUT2D eigenvalue weighted by atomic mass is 9.62. The van der Waals surface area contributed by atoms with Gasteiger partial charge < -0.3 is 4.90 Å². The number of rotatable bonds is 3. The summed E-state index contributed by atoms with van der Waals surface area (Å²) in [5, 5.41) is 0. The molecule has 8 aromatic carbocycles. The summed E-state index contributed by atoms with van der Waals surface area (Å²) in [6.07, 6.45) is 0. The first-order valence-electron chi connectivity index (χ1n) is 19.1. The van der Waals surface area contributed by atoms with Crippen LogP contribution in [0.2, 0.25) is 0 Å². The highest BCUT2D eigenvalue weighted by Crippen LogP contribution is 2.64. The van der Waals surface area contributed by atoms with Crippen molar-refractivity contribution < 1.29 is 4.79 Å². The maximum Gasteiger partial charge on any atom is 0.193 e. The van der Waals surface area contributed by atoms with Gasteiger partial charge in [-0.2, -0.15) is 0 Å². The fraction of sp³-hybridized carbons (Fsp3) is 0.0755. The highest BCUT2D eigenvalue weighted by molar-refractivity contribution is 6.14. The molecule has 0 radical (unpaired) electrons. The molecule has 260 valence electrons. The first-order chi connectivity index (χ1) is 27.0. The molecule has 2 heteroatoms. The van der Waals surface area contributed by atoms with E-state index in [1.807, 2.05) is 12.1 Å². The number of nitrogens with zero attached hydrogens (tertiary/aromatic N) is 1. The molecule has 2 nitrogen and oxygen atoms in total. The largest absolute Gasteiger partial charge is 0.310 e. The molecule has 0 unspecified atom stereocenters. The van der Waals surface area contributed by atoms with E-state index < -0.39 is 5.41 Å². The van der Waals surface area contributed by atoms with Gasteiger partial charge in [-0.1, -0.05) is 166 Å². The summed E-state index contributed by atoms with van der Waals surface area (Å²) < 4.78 is 0. The van der Waals surface area contributed by atoms with Crippen LogP contribution in [-0.2, 0) is 10.8 Å². The molecule has 0 N–H and O–H groups in total. The van der Waals surface area contributed by atoms with Gasteiger partial charge in [0.25, 0.3) is 0 Å². The lowest BCUT2D eigenvalue weighted by Crippen LogP contribution is -2.37. The minimum atomic E-state index is -0.611. The summed E-state index contributed by atoms with van der Waals surface area (Å²) in [4.78, 5) is 16.8. The molecule has 0 saturated carbocycles. The number of carbonyl (C=O) groups excluding carboxylic acids is 1. The lowest BCUT2D eigenvalue weighted by molar-refractivity contribution is 0.103. The van der Waals surface area contributed by atoms with Crippen LogP contribution in [0.1, 0.15) is 63.1 Å². The molecule has 0 bridgehead atoms. The standard InChI is InChI=1S/C53H37NO/c1-52(2)43-23-11-10-22-40(43)51(55)42-32-41-39-21-9-12-24-44(39)53(48(41)33-47(42)52)45-25-13-15-27-49(45)54(50-28-16-14-26-46(50)53)38-30-36(34-17-5-3-6-18-34)29-37(31-38)35-19-7-4-8-20-35/h3-33H,1-2H3. The van der Waals surface area contributed by atoms with Gasteiger partial charge in [0.2, 0.25) is 0 Å². The third-order valence-electron chi connectivity index (χ3n) is 12.4. The van der Waals surface area contributed by atoms with Gasteiger partial charge >= 0.3 is 0 Å². The Kier molecular flexibility index (Phi) is 6.70. The first-order valence-corrected chi connectivity index (χ1v) is 19.1. The zero-order chi connectivity index (χ0) is 36.9. The van der Waals surface area contributed by atoms with E-state index >= 15 is 0 Å². The number of hydrogen-bond donors (Lipinski definition) is 0. The summed E-state index contributed by atoms with van der Waals surface area (Å²) in [6.45, 7) is 4.54. The molecule has 11 rings (SSSR count). The fourth-order valence-electron chi connectivity index (χ4n) is 9.98. The second-order valence-electron chi connectivity index (χ2n) is 15.6. The first kappa shape index (κ1) is 31.7. The van der Waals surface area contributed by atoms with Gasteiger partial charge in [-0.05, 0) is 103 Å². The van der Waals surface area contributed by atoms with Gasteiger partial charge in [0, 0.05) is 22.2 Å². The van der Waals surface area contributed by atoms with Crippen molar-refractivity contribution in [2.24, 2.45) is 0 Å². The molecule has 0 fully saturated rings. The summed E-state index contributed by atoms with van der Waals surface area (Å²) in [5.74, 6) is 0.106. The number of carbonyl (C=O) groups is 1. The molecule has 1 aliphatic heterocycles. The van der Waals surface area contributed by atoms with Gasteiger partial charge in [-0.15, -0.1) is 0 Å². The topological polar surface area (TPSA) is 20.3 Å². The number of benzene rings is 8. The second kappa shape index (κ2) is 11.6. The number of fused-ring (bicyclic) bond motifs is 11. The molecular formula is C53H37NO. The lowest BCUT2D eigenvalue weighted by Gasteiger charge is -2.45. The van der Waals surface area contributed by atoms with Crippen LogP contribution in [0.25, 0.3) is 33.4 Å². The van der Waals surface area contributed by atoms with Crippen LogP contribution in [0.15, 0.2) is 188 Å². The average Bonchev–Trinajstić information content (AvgIpc) is 3.53. The maximum atomic E-state index is 14.3. The molecule has 0 atom stereocenters. The van der Waals surface area contributed by atoms with Crippen molar-refractivity contribution in [3.05, 3.63) is 233 Å². The third kappa shape index (κ3) is 4.34. The molecule has 2 aliphatic carbocycles. The Hall–Kier alpha value is -6.77. The van der Waals surface area contributed by atoms with Crippen LogP contribution in [-0.4, -0.2) is 5.78 Å². The predicted molar refractivity (Wildman–Crippen MR) is 225 cm³/mol. The van der Waals surface area contributed by atoms with Crippen LogP contribution >= 0.6 is 0 Å². The average molecular weight is 704 g/mol. The van der Waals surface area contributed by atoms with E-state index in [1.165, 1.54) is 50.1 Å². The third-order valence-corrected chi connectivity index (χ3v) is 12.4. The SMILES string of the molecule is CC1(C)c2ccccc2C(=O)c2cc3c(cc21)C1(c2ccccc2-3)c2ccccc2N(c2cc(-c3ccccc3)cc(-c3ccccc3)c2)c2ccccc21. The molecule has 55 heavy (non-hydrogen) atoms. The molecule has 0 aromatic heterocycles. The molecular weight excluding hydrogens is 667 g/mol. The number of para-hydroxylation sites is 2. The van der Waals surface area contributed by atoms with Gasteiger partial charge in [0.1, 0.15) is 0 Å². The minimum Gasteiger partial charge on any atom is -0.310 e. The molecule has 1 spiro atoms. The number of anilines is 3. The fourth-order valence-corrected chi connectivity index (χ4v) is 9.98. The van der Waals surface area contributed by atoms with E-state index in [1.54, 1.807) is 0 Å². The Bertz CT molecular complexity index is 2760. The van der Waals surface area contributed by atoms with Crippen LogP contribution in [0.4, 0.5) is 17.1 Å². The Morgan fingerprint density at radius 2 is 0.855 bits per heavy atom. The highest BCUT2D eigenvalue weighted by atomic mass is 16.1.